The number of benzene rings is 1. The molecule has 0 radical (unpaired) electrons. The molecule has 0 aliphatic carbocycles. The molecule has 5 heteroatoms. The van der Waals surface area contributed by atoms with Crippen LogP contribution in [0.1, 0.15) is 32.3 Å². The van der Waals surface area contributed by atoms with Crippen LogP contribution in [-0.2, 0) is 20.9 Å². The molecule has 0 spiro atoms. The summed E-state index contributed by atoms with van der Waals surface area (Å²) in [6.07, 6.45) is 1.26. The minimum absolute atomic E-state index is 0.0602. The van der Waals surface area contributed by atoms with Crippen molar-refractivity contribution >= 4 is 11.9 Å². The molecule has 1 fully saturated rings. The average Bonchev–Trinajstić information content (AvgIpc) is 2.54. The summed E-state index contributed by atoms with van der Waals surface area (Å²) in [6.45, 7) is 5.89. The SMILES string of the molecule is CCOC(=O)CC1CC(NCc2ccccc2)CN(C(C)=O)C1. The third-order valence-corrected chi connectivity index (χ3v) is 4.18. The van der Waals surface area contributed by atoms with Gasteiger partial charge in [-0.3, -0.25) is 9.59 Å². The summed E-state index contributed by atoms with van der Waals surface area (Å²) < 4.78 is 5.04. The summed E-state index contributed by atoms with van der Waals surface area (Å²) in [4.78, 5) is 25.3. The van der Waals surface area contributed by atoms with Crippen LogP contribution in [0.4, 0.5) is 0 Å². The molecule has 1 aliphatic heterocycles. The Hall–Kier alpha value is -1.88. The lowest BCUT2D eigenvalue weighted by Crippen LogP contribution is -2.50. The highest BCUT2D eigenvalue weighted by Crippen LogP contribution is 2.21. The number of likely N-dealkylation sites (tertiary alicyclic amines) is 1. The number of ether oxygens (including phenoxy) is 1. The van der Waals surface area contributed by atoms with Crippen molar-refractivity contribution < 1.29 is 14.3 Å². The Labute approximate surface area is 138 Å². The van der Waals surface area contributed by atoms with E-state index < -0.39 is 0 Å². The first-order chi connectivity index (χ1) is 11.1. The largest absolute Gasteiger partial charge is 0.466 e. The van der Waals surface area contributed by atoms with Gasteiger partial charge in [-0.25, -0.2) is 0 Å². The van der Waals surface area contributed by atoms with Gasteiger partial charge in [-0.2, -0.15) is 0 Å². The zero-order valence-electron chi connectivity index (χ0n) is 14.0. The van der Waals surface area contributed by atoms with Gasteiger partial charge in [0, 0.05) is 32.6 Å². The predicted octanol–water partition coefficient (Wildman–Crippen LogP) is 1.97. The van der Waals surface area contributed by atoms with Crippen molar-refractivity contribution in [2.45, 2.75) is 39.3 Å². The summed E-state index contributed by atoms with van der Waals surface area (Å²) >= 11 is 0. The Morgan fingerprint density at radius 2 is 2.00 bits per heavy atom. The molecule has 1 aliphatic rings. The van der Waals surface area contributed by atoms with E-state index in [4.69, 9.17) is 4.74 Å². The van der Waals surface area contributed by atoms with Gasteiger partial charge in [0.25, 0.3) is 0 Å². The molecule has 0 aromatic heterocycles. The summed E-state index contributed by atoms with van der Waals surface area (Å²) in [7, 11) is 0. The maximum absolute atomic E-state index is 11.8. The van der Waals surface area contributed by atoms with Crippen LogP contribution in [0.2, 0.25) is 0 Å². The molecule has 0 saturated carbocycles. The van der Waals surface area contributed by atoms with Gasteiger partial charge in [-0.15, -0.1) is 0 Å². The molecule has 1 N–H and O–H groups in total. The molecule has 1 aromatic carbocycles. The normalized spacial score (nSPS) is 21.0. The Morgan fingerprint density at radius 3 is 2.65 bits per heavy atom. The molecule has 2 unspecified atom stereocenters. The van der Waals surface area contributed by atoms with Gasteiger partial charge in [0.15, 0.2) is 0 Å². The molecule has 1 aromatic rings. The van der Waals surface area contributed by atoms with Gasteiger partial charge in [0.2, 0.25) is 5.91 Å². The second-order valence-corrected chi connectivity index (χ2v) is 6.10. The second kappa shape index (κ2) is 8.67. The number of esters is 1. The van der Waals surface area contributed by atoms with Gasteiger partial charge in [-0.1, -0.05) is 30.3 Å². The monoisotopic (exact) mass is 318 g/mol. The zero-order chi connectivity index (χ0) is 16.7. The topological polar surface area (TPSA) is 58.6 Å². The highest BCUT2D eigenvalue weighted by Gasteiger charge is 2.30. The summed E-state index contributed by atoms with van der Waals surface area (Å²) in [5.41, 5.74) is 1.22. The maximum atomic E-state index is 11.8. The van der Waals surface area contributed by atoms with Crippen molar-refractivity contribution in [1.82, 2.24) is 10.2 Å². The molecule has 23 heavy (non-hydrogen) atoms. The van der Waals surface area contributed by atoms with Crippen LogP contribution < -0.4 is 5.32 Å². The number of piperidine rings is 1. The van der Waals surface area contributed by atoms with Crippen LogP contribution in [0, 0.1) is 5.92 Å². The Morgan fingerprint density at radius 1 is 1.26 bits per heavy atom. The third-order valence-electron chi connectivity index (χ3n) is 4.18. The van der Waals surface area contributed by atoms with Crippen LogP contribution in [-0.4, -0.2) is 42.5 Å². The van der Waals surface area contributed by atoms with E-state index >= 15 is 0 Å². The Kier molecular flexibility index (Phi) is 6.59. The fraction of sp³-hybridized carbons (Fsp3) is 0.556. The summed E-state index contributed by atoms with van der Waals surface area (Å²) in [5.74, 6) is 0.0368. The lowest BCUT2D eigenvalue weighted by Gasteiger charge is -2.37. The quantitative estimate of drug-likeness (QED) is 0.815. The van der Waals surface area contributed by atoms with E-state index in [1.54, 1.807) is 6.92 Å². The van der Waals surface area contributed by atoms with E-state index in [1.807, 2.05) is 30.0 Å². The number of rotatable bonds is 6. The van der Waals surface area contributed by atoms with Crippen molar-refractivity contribution in [1.29, 1.82) is 0 Å². The molecule has 1 amide bonds. The first-order valence-corrected chi connectivity index (χ1v) is 8.27. The molecular weight excluding hydrogens is 292 g/mol. The number of carbonyl (C=O) groups is 2. The van der Waals surface area contributed by atoms with E-state index in [1.165, 1.54) is 5.56 Å². The minimum atomic E-state index is -0.176. The van der Waals surface area contributed by atoms with Crippen LogP contribution in [0.15, 0.2) is 30.3 Å². The molecule has 5 nitrogen and oxygen atoms in total. The van der Waals surface area contributed by atoms with Gasteiger partial charge in [0.1, 0.15) is 0 Å². The van der Waals surface area contributed by atoms with E-state index in [0.717, 1.165) is 13.0 Å². The van der Waals surface area contributed by atoms with Gasteiger partial charge >= 0.3 is 5.97 Å². The maximum Gasteiger partial charge on any atom is 0.306 e. The van der Waals surface area contributed by atoms with Crippen LogP contribution >= 0.6 is 0 Å². The van der Waals surface area contributed by atoms with Crippen LogP contribution in [0.3, 0.4) is 0 Å². The smallest absolute Gasteiger partial charge is 0.306 e. The summed E-state index contributed by atoms with van der Waals surface area (Å²) in [5, 5.41) is 3.51. The number of hydrogen-bond donors (Lipinski definition) is 1. The third kappa shape index (κ3) is 5.67. The van der Waals surface area contributed by atoms with Crippen molar-refractivity contribution in [2.75, 3.05) is 19.7 Å². The number of amides is 1. The number of hydrogen-bond acceptors (Lipinski definition) is 4. The number of nitrogens with one attached hydrogen (secondary N) is 1. The molecule has 2 atom stereocenters. The van der Waals surface area contributed by atoms with E-state index in [9.17, 15) is 9.59 Å². The Balaban J connectivity index is 1.92. The fourth-order valence-electron chi connectivity index (χ4n) is 3.07. The number of nitrogens with zero attached hydrogens (tertiary/aromatic N) is 1. The standard InChI is InChI=1S/C18H26N2O3/c1-3-23-18(22)10-16-9-17(13-20(12-16)14(2)21)19-11-15-7-5-4-6-8-15/h4-8,16-17,19H,3,9-13H2,1-2H3. The highest BCUT2D eigenvalue weighted by molar-refractivity contribution is 5.74. The first-order valence-electron chi connectivity index (χ1n) is 8.27. The van der Waals surface area contributed by atoms with Gasteiger partial charge in [-0.05, 0) is 24.8 Å². The van der Waals surface area contributed by atoms with Crippen molar-refractivity contribution in [3.8, 4) is 0 Å². The van der Waals surface area contributed by atoms with Crippen molar-refractivity contribution in [2.24, 2.45) is 5.92 Å². The lowest BCUT2D eigenvalue weighted by atomic mass is 9.91. The van der Waals surface area contributed by atoms with Crippen molar-refractivity contribution in [3.63, 3.8) is 0 Å². The molecule has 1 saturated heterocycles. The predicted molar refractivity (Wildman–Crippen MR) is 88.7 cm³/mol. The second-order valence-electron chi connectivity index (χ2n) is 6.10. The molecule has 2 rings (SSSR count). The Bertz CT molecular complexity index is 518. The van der Waals surface area contributed by atoms with E-state index in [2.05, 4.69) is 17.4 Å². The summed E-state index contributed by atoms with van der Waals surface area (Å²) in [6, 6.07) is 10.4. The first kappa shape index (κ1) is 17.5. The van der Waals surface area contributed by atoms with Crippen LogP contribution in [0.25, 0.3) is 0 Å². The molecule has 0 bridgehead atoms. The zero-order valence-corrected chi connectivity index (χ0v) is 14.0. The lowest BCUT2D eigenvalue weighted by molar-refractivity contribution is -0.145. The van der Waals surface area contributed by atoms with Crippen molar-refractivity contribution in [3.05, 3.63) is 35.9 Å². The van der Waals surface area contributed by atoms with Crippen LogP contribution in [0.5, 0.6) is 0 Å². The highest BCUT2D eigenvalue weighted by atomic mass is 16.5. The molecular formula is C18H26N2O3. The minimum Gasteiger partial charge on any atom is -0.466 e. The average molecular weight is 318 g/mol. The van der Waals surface area contributed by atoms with Gasteiger partial charge < -0.3 is 15.0 Å². The molecule has 126 valence electrons. The van der Waals surface area contributed by atoms with Gasteiger partial charge in [0.05, 0.1) is 13.0 Å². The number of carbonyl (C=O) groups excluding carboxylic acids is 2. The fourth-order valence-corrected chi connectivity index (χ4v) is 3.07. The molecule has 1 heterocycles. The van der Waals surface area contributed by atoms with E-state index in [0.29, 0.717) is 26.1 Å². The van der Waals surface area contributed by atoms with E-state index in [-0.39, 0.29) is 23.8 Å².